The lowest BCUT2D eigenvalue weighted by Crippen LogP contribution is -2.27. The Hall–Kier alpha value is -0.610. The molecule has 0 aliphatic rings. The summed E-state index contributed by atoms with van der Waals surface area (Å²) in [6, 6.07) is 5.20. The molecule has 1 rings (SSSR count). The monoisotopic (exact) mass is 261 g/mol. The van der Waals surface area contributed by atoms with Crippen LogP contribution in [0.5, 0.6) is 5.75 Å². The van der Waals surface area contributed by atoms with Crippen molar-refractivity contribution in [1.29, 1.82) is 0 Å². The van der Waals surface area contributed by atoms with E-state index in [1.807, 2.05) is 0 Å². The molecule has 1 aromatic carbocycles. The molecular formula is C10H13BrFNO. The van der Waals surface area contributed by atoms with Crippen LogP contribution in [0.3, 0.4) is 0 Å². The summed E-state index contributed by atoms with van der Waals surface area (Å²) < 4.78 is 19.8. The molecule has 0 fully saturated rings. The molecular weight excluding hydrogens is 249 g/mol. The predicted octanol–water partition coefficient (Wildman–Crippen LogP) is 2.60. The number of rotatable bonds is 3. The van der Waals surface area contributed by atoms with Crippen LogP contribution in [0.2, 0.25) is 0 Å². The summed E-state index contributed by atoms with van der Waals surface area (Å²) in [5.74, 6) is 0.517. The number of methoxy groups -OCH3 is 1. The molecule has 1 unspecified atom stereocenters. The molecule has 0 saturated heterocycles. The number of hydrogen-bond acceptors (Lipinski definition) is 2. The summed E-state index contributed by atoms with van der Waals surface area (Å²) in [4.78, 5) is 0. The lowest BCUT2D eigenvalue weighted by atomic mass is 9.97. The Bertz CT molecular complexity index is 328. The van der Waals surface area contributed by atoms with E-state index >= 15 is 0 Å². The number of alkyl halides is 1. The molecule has 0 aromatic heterocycles. The highest BCUT2D eigenvalue weighted by Crippen LogP contribution is 2.34. The normalized spacial score (nSPS) is 14.9. The van der Waals surface area contributed by atoms with Crippen LogP contribution in [0.25, 0.3) is 0 Å². The molecule has 1 aromatic rings. The quantitative estimate of drug-likeness (QED) is 0.908. The molecule has 14 heavy (non-hydrogen) atoms. The van der Waals surface area contributed by atoms with E-state index in [4.69, 9.17) is 10.5 Å². The Kier molecular flexibility index (Phi) is 3.50. The molecule has 2 nitrogen and oxygen atoms in total. The minimum absolute atomic E-state index is 0.0696. The SMILES string of the molecule is COc1ccc(Br)cc1C(C)(F)CN. The number of hydrogen-bond donors (Lipinski definition) is 1. The van der Waals surface area contributed by atoms with Crippen molar-refractivity contribution < 1.29 is 9.13 Å². The lowest BCUT2D eigenvalue weighted by molar-refractivity contribution is 0.196. The van der Waals surface area contributed by atoms with E-state index in [1.165, 1.54) is 14.0 Å². The molecule has 0 radical (unpaired) electrons. The van der Waals surface area contributed by atoms with Crippen molar-refractivity contribution in [3.8, 4) is 5.75 Å². The van der Waals surface area contributed by atoms with Crippen LogP contribution in [0.15, 0.2) is 22.7 Å². The fraction of sp³-hybridized carbons (Fsp3) is 0.400. The minimum Gasteiger partial charge on any atom is -0.496 e. The van der Waals surface area contributed by atoms with Gasteiger partial charge >= 0.3 is 0 Å². The lowest BCUT2D eigenvalue weighted by Gasteiger charge is -2.21. The fourth-order valence-electron chi connectivity index (χ4n) is 1.20. The third-order valence-corrected chi connectivity index (χ3v) is 2.60. The van der Waals surface area contributed by atoms with Crippen molar-refractivity contribution in [1.82, 2.24) is 0 Å². The van der Waals surface area contributed by atoms with Gasteiger partial charge in [0.25, 0.3) is 0 Å². The molecule has 0 aliphatic carbocycles. The van der Waals surface area contributed by atoms with E-state index in [0.29, 0.717) is 11.3 Å². The standard InChI is InChI=1S/C10H13BrFNO/c1-10(12,6-13)8-5-7(11)3-4-9(8)14-2/h3-5H,6,13H2,1-2H3. The van der Waals surface area contributed by atoms with Crippen LogP contribution in [0, 0.1) is 0 Å². The minimum atomic E-state index is -1.56. The molecule has 0 heterocycles. The zero-order valence-electron chi connectivity index (χ0n) is 8.18. The third-order valence-electron chi connectivity index (χ3n) is 2.11. The molecule has 0 spiro atoms. The predicted molar refractivity (Wildman–Crippen MR) is 58.2 cm³/mol. The summed E-state index contributed by atoms with van der Waals surface area (Å²) >= 11 is 3.28. The summed E-state index contributed by atoms with van der Waals surface area (Å²) in [5, 5.41) is 0. The maximum atomic E-state index is 14.0. The molecule has 0 amide bonds. The van der Waals surface area contributed by atoms with Crippen LogP contribution in [-0.2, 0) is 5.67 Å². The first kappa shape index (κ1) is 11.5. The molecule has 4 heteroatoms. The van der Waals surface area contributed by atoms with Crippen LogP contribution in [0.1, 0.15) is 12.5 Å². The zero-order chi connectivity index (χ0) is 10.8. The van der Waals surface area contributed by atoms with Crippen molar-refractivity contribution in [2.75, 3.05) is 13.7 Å². The highest BCUT2D eigenvalue weighted by atomic mass is 79.9. The van der Waals surface area contributed by atoms with Crippen molar-refractivity contribution in [2.45, 2.75) is 12.6 Å². The maximum Gasteiger partial charge on any atom is 0.148 e. The van der Waals surface area contributed by atoms with Gasteiger partial charge in [-0.15, -0.1) is 0 Å². The van der Waals surface area contributed by atoms with Crippen LogP contribution < -0.4 is 10.5 Å². The van der Waals surface area contributed by atoms with E-state index < -0.39 is 5.67 Å². The van der Waals surface area contributed by atoms with E-state index in [2.05, 4.69) is 15.9 Å². The van der Waals surface area contributed by atoms with Gasteiger partial charge in [0, 0.05) is 16.6 Å². The smallest absolute Gasteiger partial charge is 0.148 e. The number of benzene rings is 1. The largest absolute Gasteiger partial charge is 0.496 e. The van der Waals surface area contributed by atoms with Gasteiger partial charge in [-0.1, -0.05) is 15.9 Å². The van der Waals surface area contributed by atoms with E-state index in [0.717, 1.165) is 4.47 Å². The zero-order valence-corrected chi connectivity index (χ0v) is 9.77. The Balaban J connectivity index is 3.23. The average molecular weight is 262 g/mol. The highest BCUT2D eigenvalue weighted by Gasteiger charge is 2.27. The van der Waals surface area contributed by atoms with E-state index in [1.54, 1.807) is 18.2 Å². The van der Waals surface area contributed by atoms with Crippen molar-refractivity contribution in [2.24, 2.45) is 5.73 Å². The second-order valence-electron chi connectivity index (χ2n) is 3.25. The number of nitrogens with two attached hydrogens (primary N) is 1. The van der Waals surface area contributed by atoms with Gasteiger partial charge in [0.2, 0.25) is 0 Å². The summed E-state index contributed by atoms with van der Waals surface area (Å²) in [7, 11) is 1.51. The number of halogens is 2. The average Bonchev–Trinajstić information content (AvgIpc) is 2.18. The molecule has 0 aliphatic heterocycles. The molecule has 0 bridgehead atoms. The van der Waals surface area contributed by atoms with Crippen LogP contribution in [0.4, 0.5) is 4.39 Å². The Labute approximate surface area is 91.4 Å². The molecule has 1 atom stereocenters. The van der Waals surface area contributed by atoms with Gasteiger partial charge in [-0.05, 0) is 25.1 Å². The Morgan fingerprint density at radius 1 is 1.57 bits per heavy atom. The number of ether oxygens (including phenoxy) is 1. The third kappa shape index (κ3) is 2.25. The van der Waals surface area contributed by atoms with E-state index in [-0.39, 0.29) is 6.54 Å². The van der Waals surface area contributed by atoms with E-state index in [9.17, 15) is 4.39 Å². The van der Waals surface area contributed by atoms with Crippen LogP contribution >= 0.6 is 15.9 Å². The molecule has 0 saturated carbocycles. The van der Waals surface area contributed by atoms with Crippen molar-refractivity contribution >= 4 is 15.9 Å². The summed E-state index contributed by atoms with van der Waals surface area (Å²) in [5.41, 5.74) is 4.28. The summed E-state index contributed by atoms with van der Waals surface area (Å²) in [6.45, 7) is 1.37. The van der Waals surface area contributed by atoms with Crippen molar-refractivity contribution in [3.63, 3.8) is 0 Å². The van der Waals surface area contributed by atoms with Gasteiger partial charge in [-0.3, -0.25) is 0 Å². The molecule has 78 valence electrons. The highest BCUT2D eigenvalue weighted by molar-refractivity contribution is 9.10. The first-order valence-corrected chi connectivity index (χ1v) is 5.03. The topological polar surface area (TPSA) is 35.2 Å². The first-order valence-electron chi connectivity index (χ1n) is 4.24. The first-order chi connectivity index (χ1) is 6.51. The molecule has 2 N–H and O–H groups in total. The van der Waals surface area contributed by atoms with Crippen LogP contribution in [-0.4, -0.2) is 13.7 Å². The van der Waals surface area contributed by atoms with Gasteiger partial charge in [0.15, 0.2) is 0 Å². The van der Waals surface area contributed by atoms with Gasteiger partial charge in [-0.2, -0.15) is 0 Å². The second kappa shape index (κ2) is 4.28. The van der Waals surface area contributed by atoms with Gasteiger partial charge in [0.1, 0.15) is 11.4 Å². The second-order valence-corrected chi connectivity index (χ2v) is 4.16. The van der Waals surface area contributed by atoms with Gasteiger partial charge in [0.05, 0.1) is 7.11 Å². The maximum absolute atomic E-state index is 14.0. The Morgan fingerprint density at radius 2 is 2.21 bits per heavy atom. The summed E-state index contributed by atoms with van der Waals surface area (Å²) in [6.07, 6.45) is 0. The van der Waals surface area contributed by atoms with Gasteiger partial charge in [-0.25, -0.2) is 4.39 Å². The fourth-order valence-corrected chi connectivity index (χ4v) is 1.56. The van der Waals surface area contributed by atoms with Gasteiger partial charge < -0.3 is 10.5 Å². The Morgan fingerprint density at radius 3 is 2.71 bits per heavy atom. The van der Waals surface area contributed by atoms with Crippen molar-refractivity contribution in [3.05, 3.63) is 28.2 Å².